The van der Waals surface area contributed by atoms with E-state index in [-0.39, 0.29) is 16.6 Å². The summed E-state index contributed by atoms with van der Waals surface area (Å²) >= 11 is 1.91. The quantitative estimate of drug-likeness (QED) is 0.823. The highest BCUT2D eigenvalue weighted by molar-refractivity contribution is 8.00. The monoisotopic (exact) mass is 245 g/mol. The van der Waals surface area contributed by atoms with Gasteiger partial charge >= 0.3 is 0 Å². The van der Waals surface area contributed by atoms with Crippen molar-refractivity contribution in [1.29, 1.82) is 0 Å². The van der Waals surface area contributed by atoms with Crippen molar-refractivity contribution < 1.29 is 9.90 Å². The maximum absolute atomic E-state index is 12.2. The molecule has 4 heteroatoms. The number of rotatable bonds is 3. The summed E-state index contributed by atoms with van der Waals surface area (Å²) in [5, 5.41) is 9.59. The van der Waals surface area contributed by atoms with Crippen LogP contribution in [0.2, 0.25) is 0 Å². The Morgan fingerprint density at radius 2 is 2.19 bits per heavy atom. The van der Waals surface area contributed by atoms with Gasteiger partial charge in [-0.2, -0.15) is 11.8 Å². The molecule has 1 saturated heterocycles. The van der Waals surface area contributed by atoms with Crippen LogP contribution < -0.4 is 0 Å². The fraction of sp³-hybridized carbons (Fsp3) is 0.917. The smallest absolute Gasteiger partial charge is 0.228 e. The molecule has 0 aromatic heterocycles. The van der Waals surface area contributed by atoms with E-state index in [0.29, 0.717) is 6.42 Å². The second kappa shape index (κ2) is 5.41. The lowest BCUT2D eigenvalue weighted by Crippen LogP contribution is -2.49. The highest BCUT2D eigenvalue weighted by Gasteiger charge is 2.33. The van der Waals surface area contributed by atoms with E-state index in [1.54, 1.807) is 6.92 Å². The van der Waals surface area contributed by atoms with Crippen LogP contribution in [0.3, 0.4) is 0 Å². The molecule has 1 heterocycles. The molecule has 0 aromatic rings. The molecule has 94 valence electrons. The van der Waals surface area contributed by atoms with Gasteiger partial charge in [0.2, 0.25) is 5.91 Å². The highest BCUT2D eigenvalue weighted by atomic mass is 32.2. The van der Waals surface area contributed by atoms with E-state index in [4.69, 9.17) is 0 Å². The van der Waals surface area contributed by atoms with Gasteiger partial charge in [0.15, 0.2) is 0 Å². The first kappa shape index (κ1) is 13.8. The number of nitrogens with zero attached hydrogens (tertiary/aromatic N) is 1. The zero-order chi connectivity index (χ0) is 12.3. The molecule has 3 nitrogen and oxygen atoms in total. The highest BCUT2D eigenvalue weighted by Crippen LogP contribution is 2.30. The summed E-state index contributed by atoms with van der Waals surface area (Å²) < 4.78 is 0.144. The standard InChI is InChI=1S/C12H23NO2S/c1-5-10(9(2)14)11(15)13-6-7-16-12(3,4)8-13/h9-10,14H,5-8H2,1-4H3/t9-,10+/m0/s1. The van der Waals surface area contributed by atoms with Crippen LogP contribution >= 0.6 is 11.8 Å². The van der Waals surface area contributed by atoms with Crippen molar-refractivity contribution in [3.05, 3.63) is 0 Å². The number of hydrogen-bond donors (Lipinski definition) is 1. The van der Waals surface area contributed by atoms with E-state index in [2.05, 4.69) is 13.8 Å². The van der Waals surface area contributed by atoms with Gasteiger partial charge in [0, 0.05) is 23.6 Å². The summed E-state index contributed by atoms with van der Waals surface area (Å²) in [4.78, 5) is 14.1. The van der Waals surface area contributed by atoms with Gasteiger partial charge in [-0.05, 0) is 27.2 Å². The third-order valence-corrected chi connectivity index (χ3v) is 4.37. The average molecular weight is 245 g/mol. The Morgan fingerprint density at radius 1 is 1.56 bits per heavy atom. The van der Waals surface area contributed by atoms with E-state index in [1.165, 1.54) is 0 Å². The van der Waals surface area contributed by atoms with Crippen LogP contribution in [0.1, 0.15) is 34.1 Å². The number of hydrogen-bond acceptors (Lipinski definition) is 3. The summed E-state index contributed by atoms with van der Waals surface area (Å²) in [5.74, 6) is 0.874. The van der Waals surface area contributed by atoms with E-state index < -0.39 is 6.10 Å². The van der Waals surface area contributed by atoms with Gasteiger partial charge in [0.25, 0.3) is 0 Å². The van der Waals surface area contributed by atoms with Gasteiger partial charge in [-0.3, -0.25) is 4.79 Å². The van der Waals surface area contributed by atoms with Gasteiger partial charge in [0.05, 0.1) is 12.0 Å². The van der Waals surface area contributed by atoms with E-state index in [1.807, 2.05) is 23.6 Å². The molecule has 1 aliphatic rings. The molecule has 0 unspecified atom stereocenters. The third kappa shape index (κ3) is 3.39. The summed E-state index contributed by atoms with van der Waals surface area (Å²) in [6.45, 7) is 9.60. The summed E-state index contributed by atoms with van der Waals surface area (Å²) in [7, 11) is 0. The molecule has 1 aliphatic heterocycles. The molecule has 1 rings (SSSR count). The first-order valence-electron chi connectivity index (χ1n) is 5.98. The van der Waals surface area contributed by atoms with Crippen molar-refractivity contribution in [3.8, 4) is 0 Å². The van der Waals surface area contributed by atoms with Crippen molar-refractivity contribution in [2.45, 2.75) is 45.0 Å². The zero-order valence-electron chi connectivity index (χ0n) is 10.7. The lowest BCUT2D eigenvalue weighted by Gasteiger charge is -2.39. The first-order valence-corrected chi connectivity index (χ1v) is 6.97. The molecule has 16 heavy (non-hydrogen) atoms. The lowest BCUT2D eigenvalue weighted by atomic mass is 9.98. The van der Waals surface area contributed by atoms with Gasteiger partial charge in [0.1, 0.15) is 0 Å². The molecule has 1 fully saturated rings. The second-order valence-electron chi connectivity index (χ2n) is 5.12. The predicted molar refractivity (Wildman–Crippen MR) is 68.6 cm³/mol. The number of carbonyl (C=O) groups is 1. The normalized spacial score (nSPS) is 23.9. The van der Waals surface area contributed by atoms with Crippen molar-refractivity contribution in [3.63, 3.8) is 0 Å². The number of amides is 1. The second-order valence-corrected chi connectivity index (χ2v) is 6.93. The Bertz CT molecular complexity index is 253. The van der Waals surface area contributed by atoms with Crippen LogP contribution in [0.25, 0.3) is 0 Å². The Kier molecular flexibility index (Phi) is 4.68. The topological polar surface area (TPSA) is 40.5 Å². The molecule has 0 aromatic carbocycles. The molecule has 1 N–H and O–H groups in total. The lowest BCUT2D eigenvalue weighted by molar-refractivity contribution is -0.139. The average Bonchev–Trinajstić information content (AvgIpc) is 2.16. The number of carbonyl (C=O) groups excluding carboxylic acids is 1. The number of thioether (sulfide) groups is 1. The van der Waals surface area contributed by atoms with Gasteiger partial charge in [-0.1, -0.05) is 6.92 Å². The zero-order valence-corrected chi connectivity index (χ0v) is 11.5. The van der Waals surface area contributed by atoms with Crippen LogP contribution in [0.15, 0.2) is 0 Å². The van der Waals surface area contributed by atoms with Crippen molar-refractivity contribution in [2.75, 3.05) is 18.8 Å². The minimum absolute atomic E-state index is 0.117. The minimum Gasteiger partial charge on any atom is -0.393 e. The van der Waals surface area contributed by atoms with Crippen molar-refractivity contribution >= 4 is 17.7 Å². The maximum atomic E-state index is 12.2. The molecule has 0 aliphatic carbocycles. The van der Waals surface area contributed by atoms with Gasteiger partial charge in [-0.25, -0.2) is 0 Å². The molecule has 0 saturated carbocycles. The Hall–Kier alpha value is -0.220. The predicted octanol–water partition coefficient (Wildman–Crippen LogP) is 1.75. The van der Waals surface area contributed by atoms with Crippen molar-refractivity contribution in [1.82, 2.24) is 4.90 Å². The van der Waals surface area contributed by atoms with Crippen LogP contribution in [-0.2, 0) is 4.79 Å². The van der Waals surface area contributed by atoms with Gasteiger partial charge in [-0.15, -0.1) is 0 Å². The maximum Gasteiger partial charge on any atom is 0.228 e. The summed E-state index contributed by atoms with van der Waals surface area (Å²) in [5.41, 5.74) is 0. The van der Waals surface area contributed by atoms with Crippen LogP contribution in [0, 0.1) is 5.92 Å². The van der Waals surface area contributed by atoms with E-state index >= 15 is 0 Å². The van der Waals surface area contributed by atoms with Crippen LogP contribution in [0.4, 0.5) is 0 Å². The van der Waals surface area contributed by atoms with Crippen molar-refractivity contribution in [2.24, 2.45) is 5.92 Å². The largest absolute Gasteiger partial charge is 0.393 e. The number of aliphatic hydroxyl groups excluding tert-OH is 1. The van der Waals surface area contributed by atoms with E-state index in [0.717, 1.165) is 18.8 Å². The Morgan fingerprint density at radius 3 is 2.62 bits per heavy atom. The Balaban J connectivity index is 2.66. The summed E-state index contributed by atoms with van der Waals surface area (Å²) in [6, 6.07) is 0. The molecule has 2 atom stereocenters. The molecular weight excluding hydrogens is 222 g/mol. The first-order chi connectivity index (χ1) is 7.37. The van der Waals surface area contributed by atoms with Gasteiger partial charge < -0.3 is 10.0 Å². The molecule has 1 amide bonds. The molecule has 0 bridgehead atoms. The molecule has 0 radical (unpaired) electrons. The SMILES string of the molecule is CC[C@@H](C(=O)N1CCSC(C)(C)C1)[C@H](C)O. The van der Waals surface area contributed by atoms with Crippen LogP contribution in [-0.4, -0.2) is 45.6 Å². The molecule has 0 spiro atoms. The third-order valence-electron chi connectivity index (χ3n) is 3.08. The van der Waals surface area contributed by atoms with Crippen LogP contribution in [0.5, 0.6) is 0 Å². The summed E-state index contributed by atoms with van der Waals surface area (Å²) in [6.07, 6.45) is 0.163. The molecular formula is C12H23NO2S. The number of aliphatic hydroxyl groups is 1. The van der Waals surface area contributed by atoms with E-state index in [9.17, 15) is 9.90 Å². The fourth-order valence-electron chi connectivity index (χ4n) is 2.16. The fourth-order valence-corrected chi connectivity index (χ4v) is 3.27. The minimum atomic E-state index is -0.546. The Labute approximate surface area is 103 Å².